The normalized spacial score (nSPS) is 27.0. The summed E-state index contributed by atoms with van der Waals surface area (Å²) in [5.74, 6) is 0.629. The molecule has 0 aromatic carbocycles. The first-order valence-electron chi connectivity index (χ1n) is 7.61. The van der Waals surface area contributed by atoms with E-state index in [1.807, 2.05) is 0 Å². The maximum absolute atomic E-state index is 12.0. The fraction of sp³-hybridized carbons (Fsp3) is 0.667. The number of nitrogens with one attached hydrogen (secondary N) is 1. The molecular weight excluding hydrogens is 286 g/mol. The Hall–Kier alpha value is -1.14. The maximum atomic E-state index is 12.0. The van der Waals surface area contributed by atoms with E-state index in [1.165, 1.54) is 25.5 Å². The van der Waals surface area contributed by atoms with Crippen molar-refractivity contribution in [3.8, 4) is 0 Å². The maximum Gasteiger partial charge on any atom is 0.179 e. The van der Waals surface area contributed by atoms with Gasteiger partial charge < -0.3 is 10.2 Å². The molecule has 1 unspecified atom stereocenters. The summed E-state index contributed by atoms with van der Waals surface area (Å²) in [4.78, 5) is 6.90. The highest BCUT2D eigenvalue weighted by molar-refractivity contribution is 7.90. The molecule has 5 nitrogen and oxygen atoms in total. The number of rotatable bonds is 2. The Bertz CT molecular complexity index is 604. The number of hydrogen-bond acceptors (Lipinski definition) is 5. The van der Waals surface area contributed by atoms with E-state index in [-0.39, 0.29) is 5.41 Å². The molecule has 1 aromatic rings. The van der Waals surface area contributed by atoms with Gasteiger partial charge in [0, 0.05) is 37.5 Å². The van der Waals surface area contributed by atoms with Gasteiger partial charge in [0.15, 0.2) is 9.84 Å². The second-order valence-corrected chi connectivity index (χ2v) is 8.39. The third-order valence-electron chi connectivity index (χ3n) is 4.67. The summed E-state index contributed by atoms with van der Waals surface area (Å²) in [5, 5.41) is 3.50. The zero-order valence-corrected chi connectivity index (χ0v) is 13.3. The Kier molecular flexibility index (Phi) is 3.92. The molecule has 0 bridgehead atoms. The van der Waals surface area contributed by atoms with Crippen LogP contribution in [-0.4, -0.2) is 45.8 Å². The number of anilines is 1. The van der Waals surface area contributed by atoms with Gasteiger partial charge in [0.25, 0.3) is 0 Å². The fourth-order valence-electron chi connectivity index (χ4n) is 3.68. The third-order valence-corrected chi connectivity index (χ3v) is 5.79. The Labute approximate surface area is 126 Å². The summed E-state index contributed by atoms with van der Waals surface area (Å²) in [6.07, 6.45) is 7.69. The number of hydrogen-bond donors (Lipinski definition) is 1. The van der Waals surface area contributed by atoms with E-state index < -0.39 is 9.84 Å². The van der Waals surface area contributed by atoms with Gasteiger partial charge in [-0.25, -0.2) is 13.4 Å². The molecule has 2 saturated heterocycles. The van der Waals surface area contributed by atoms with E-state index in [1.54, 1.807) is 18.3 Å². The van der Waals surface area contributed by atoms with Gasteiger partial charge in [0.05, 0.1) is 0 Å². The van der Waals surface area contributed by atoms with Crippen LogP contribution in [0.25, 0.3) is 0 Å². The van der Waals surface area contributed by atoms with Gasteiger partial charge in [-0.1, -0.05) is 0 Å². The van der Waals surface area contributed by atoms with Crippen molar-refractivity contribution in [3.05, 3.63) is 18.3 Å². The quantitative estimate of drug-likeness (QED) is 0.896. The van der Waals surface area contributed by atoms with E-state index >= 15 is 0 Å². The molecular formula is C15H23N3O2S. The SMILES string of the molecule is CS(=O)(=O)c1cccnc1N1CCCC2(CCCNC2)C1. The van der Waals surface area contributed by atoms with Crippen LogP contribution in [0.4, 0.5) is 5.82 Å². The second kappa shape index (κ2) is 5.57. The summed E-state index contributed by atoms with van der Waals surface area (Å²) in [6.45, 7) is 3.92. The second-order valence-electron chi connectivity index (χ2n) is 6.40. The summed E-state index contributed by atoms with van der Waals surface area (Å²) < 4.78 is 24.0. The van der Waals surface area contributed by atoms with Crippen LogP contribution in [0.5, 0.6) is 0 Å². The highest BCUT2D eigenvalue weighted by Crippen LogP contribution is 2.38. The molecule has 0 amide bonds. The van der Waals surface area contributed by atoms with Crippen LogP contribution >= 0.6 is 0 Å². The molecule has 6 heteroatoms. The lowest BCUT2D eigenvalue weighted by molar-refractivity contribution is 0.172. The number of piperidine rings is 2. The van der Waals surface area contributed by atoms with E-state index in [0.717, 1.165) is 32.6 Å². The van der Waals surface area contributed by atoms with Crippen molar-refractivity contribution in [2.24, 2.45) is 5.41 Å². The van der Waals surface area contributed by atoms with Crippen LogP contribution in [0.3, 0.4) is 0 Å². The summed E-state index contributed by atoms with van der Waals surface area (Å²) in [5.41, 5.74) is 0.281. The van der Waals surface area contributed by atoms with Crippen LogP contribution in [-0.2, 0) is 9.84 Å². The van der Waals surface area contributed by atoms with Crippen molar-refractivity contribution in [3.63, 3.8) is 0 Å². The number of pyridine rings is 1. The first kappa shape index (κ1) is 14.8. The van der Waals surface area contributed by atoms with Gasteiger partial charge in [-0.3, -0.25) is 0 Å². The van der Waals surface area contributed by atoms with Gasteiger partial charge >= 0.3 is 0 Å². The van der Waals surface area contributed by atoms with Crippen molar-refractivity contribution >= 4 is 15.7 Å². The minimum atomic E-state index is -3.24. The van der Waals surface area contributed by atoms with Crippen LogP contribution in [0.15, 0.2) is 23.2 Å². The predicted octanol–water partition coefficient (Wildman–Crippen LogP) is 1.46. The zero-order chi connectivity index (χ0) is 14.9. The Morgan fingerprint density at radius 1 is 1.33 bits per heavy atom. The molecule has 0 aliphatic carbocycles. The molecule has 3 rings (SSSR count). The third kappa shape index (κ3) is 3.06. The van der Waals surface area contributed by atoms with Gasteiger partial charge in [-0.05, 0) is 44.4 Å². The summed E-state index contributed by atoms with van der Waals surface area (Å²) in [6, 6.07) is 3.36. The van der Waals surface area contributed by atoms with Crippen LogP contribution in [0.2, 0.25) is 0 Å². The van der Waals surface area contributed by atoms with Crippen molar-refractivity contribution in [1.29, 1.82) is 0 Å². The number of sulfone groups is 1. The molecule has 1 aromatic heterocycles. The molecule has 116 valence electrons. The Balaban J connectivity index is 1.90. The minimum Gasteiger partial charge on any atom is -0.355 e. The van der Waals surface area contributed by atoms with Gasteiger partial charge in [0.2, 0.25) is 0 Å². The van der Waals surface area contributed by atoms with Crippen molar-refractivity contribution < 1.29 is 8.42 Å². The highest BCUT2D eigenvalue weighted by Gasteiger charge is 2.37. The average Bonchev–Trinajstić information content (AvgIpc) is 2.47. The lowest BCUT2D eigenvalue weighted by atomic mass is 9.74. The monoisotopic (exact) mass is 309 g/mol. The first-order valence-corrected chi connectivity index (χ1v) is 9.50. The Morgan fingerprint density at radius 3 is 2.86 bits per heavy atom. The summed E-state index contributed by atoms with van der Waals surface area (Å²) >= 11 is 0. The smallest absolute Gasteiger partial charge is 0.179 e. The van der Waals surface area contributed by atoms with Crippen LogP contribution < -0.4 is 10.2 Å². The minimum absolute atomic E-state index is 0.281. The molecule has 1 N–H and O–H groups in total. The van der Waals surface area contributed by atoms with Gasteiger partial charge in [-0.15, -0.1) is 0 Å². The van der Waals surface area contributed by atoms with Crippen LogP contribution in [0, 0.1) is 5.41 Å². The lowest BCUT2D eigenvalue weighted by Gasteiger charge is -2.46. The van der Waals surface area contributed by atoms with E-state index in [9.17, 15) is 8.42 Å². The van der Waals surface area contributed by atoms with Crippen molar-refractivity contribution in [2.75, 3.05) is 37.3 Å². The standard InChI is InChI=1S/C15H23N3O2S/c1-21(19,20)13-5-2-9-17-14(13)18-10-4-7-15(12-18)6-3-8-16-11-15/h2,5,9,16H,3-4,6-8,10-12H2,1H3. The largest absolute Gasteiger partial charge is 0.355 e. The van der Waals surface area contributed by atoms with Crippen LogP contribution in [0.1, 0.15) is 25.7 Å². The van der Waals surface area contributed by atoms with E-state index in [4.69, 9.17) is 0 Å². The molecule has 2 aliphatic heterocycles. The van der Waals surface area contributed by atoms with Crippen molar-refractivity contribution in [1.82, 2.24) is 10.3 Å². The van der Waals surface area contributed by atoms with E-state index in [2.05, 4.69) is 15.2 Å². The van der Waals surface area contributed by atoms with E-state index in [0.29, 0.717) is 10.7 Å². The number of aromatic nitrogens is 1. The number of nitrogens with zero attached hydrogens (tertiary/aromatic N) is 2. The first-order chi connectivity index (χ1) is 10.0. The van der Waals surface area contributed by atoms with Crippen molar-refractivity contribution in [2.45, 2.75) is 30.6 Å². The predicted molar refractivity (Wildman–Crippen MR) is 83.3 cm³/mol. The van der Waals surface area contributed by atoms with Gasteiger partial charge in [-0.2, -0.15) is 0 Å². The lowest BCUT2D eigenvalue weighted by Crippen LogP contribution is -2.51. The molecule has 0 saturated carbocycles. The average molecular weight is 309 g/mol. The molecule has 3 heterocycles. The molecule has 1 atom stereocenters. The van der Waals surface area contributed by atoms with Gasteiger partial charge in [0.1, 0.15) is 10.7 Å². The fourth-order valence-corrected chi connectivity index (χ4v) is 4.52. The molecule has 2 aliphatic rings. The molecule has 0 radical (unpaired) electrons. The Morgan fingerprint density at radius 2 is 2.14 bits per heavy atom. The molecule has 2 fully saturated rings. The highest BCUT2D eigenvalue weighted by atomic mass is 32.2. The summed E-state index contributed by atoms with van der Waals surface area (Å²) in [7, 11) is -3.24. The molecule has 21 heavy (non-hydrogen) atoms. The topological polar surface area (TPSA) is 62.3 Å². The zero-order valence-electron chi connectivity index (χ0n) is 12.5. The molecule has 1 spiro atoms.